The molecule has 152 valence electrons. The van der Waals surface area contributed by atoms with Crippen molar-refractivity contribution in [2.45, 2.75) is 26.3 Å². The van der Waals surface area contributed by atoms with Gasteiger partial charge in [0, 0.05) is 32.7 Å². The minimum atomic E-state index is -3.52. The van der Waals surface area contributed by atoms with Crippen molar-refractivity contribution in [2.24, 2.45) is 5.92 Å². The lowest BCUT2D eigenvalue weighted by molar-refractivity contribution is -0.126. The Kier molecular flexibility index (Phi) is 6.11. The van der Waals surface area contributed by atoms with Crippen LogP contribution in [0.4, 0.5) is 0 Å². The van der Waals surface area contributed by atoms with E-state index in [1.807, 2.05) is 31.2 Å². The Morgan fingerprint density at radius 1 is 1.32 bits per heavy atom. The second-order valence-corrected chi connectivity index (χ2v) is 9.23. The second kappa shape index (κ2) is 8.38. The van der Waals surface area contributed by atoms with Crippen LogP contribution in [-0.2, 0) is 21.5 Å². The molecule has 9 nitrogen and oxygen atoms in total. The van der Waals surface area contributed by atoms with E-state index < -0.39 is 16.1 Å². The molecule has 1 aromatic heterocycles. The van der Waals surface area contributed by atoms with Gasteiger partial charge in [-0.25, -0.2) is 0 Å². The normalized spacial score (nSPS) is 18.4. The minimum absolute atomic E-state index is 0.106. The first-order valence-electron chi connectivity index (χ1n) is 9.12. The summed E-state index contributed by atoms with van der Waals surface area (Å²) in [6.45, 7) is 2.70. The molecule has 0 aliphatic carbocycles. The van der Waals surface area contributed by atoms with Crippen molar-refractivity contribution in [3.63, 3.8) is 0 Å². The fraction of sp³-hybridized carbons (Fsp3) is 0.500. The Morgan fingerprint density at radius 2 is 2.04 bits per heavy atom. The molecule has 1 atom stereocenters. The van der Waals surface area contributed by atoms with E-state index in [0.29, 0.717) is 31.1 Å². The van der Waals surface area contributed by atoms with E-state index >= 15 is 0 Å². The average molecular weight is 407 g/mol. The maximum absolute atomic E-state index is 12.5. The largest absolute Gasteiger partial charge is 0.347 e. The van der Waals surface area contributed by atoms with Crippen LogP contribution >= 0.6 is 0 Å². The van der Waals surface area contributed by atoms with Gasteiger partial charge in [0.05, 0.1) is 12.5 Å². The van der Waals surface area contributed by atoms with Gasteiger partial charge < -0.3 is 9.84 Å². The summed E-state index contributed by atoms with van der Waals surface area (Å²) in [5, 5.41) is 6.71. The number of hydrogen-bond donors (Lipinski definition) is 1. The molecular weight excluding hydrogens is 382 g/mol. The first-order valence-corrected chi connectivity index (χ1v) is 10.5. The zero-order valence-electron chi connectivity index (χ0n) is 16.3. The van der Waals surface area contributed by atoms with Gasteiger partial charge in [-0.1, -0.05) is 35.0 Å². The van der Waals surface area contributed by atoms with Gasteiger partial charge >= 0.3 is 0 Å². The quantitative estimate of drug-likeness (QED) is 0.770. The summed E-state index contributed by atoms with van der Waals surface area (Å²) < 4.78 is 32.3. The number of amides is 1. The first-order chi connectivity index (χ1) is 13.3. The van der Waals surface area contributed by atoms with Crippen molar-refractivity contribution in [2.75, 3.05) is 27.2 Å². The Labute approximate surface area is 164 Å². The summed E-state index contributed by atoms with van der Waals surface area (Å²) in [4.78, 5) is 16.8. The number of benzene rings is 1. The van der Waals surface area contributed by atoms with Crippen molar-refractivity contribution in [3.8, 4) is 11.4 Å². The SMILES string of the molecule is Cc1ccc(-c2noc(CNC(=O)C3CCCN(S(=O)(=O)N(C)C)C3)n2)cc1. The molecular formula is C18H25N5O4S. The zero-order valence-corrected chi connectivity index (χ0v) is 17.1. The highest BCUT2D eigenvalue weighted by molar-refractivity contribution is 7.86. The highest BCUT2D eigenvalue weighted by atomic mass is 32.2. The maximum Gasteiger partial charge on any atom is 0.281 e. The number of carbonyl (C=O) groups excluding carboxylic acids is 1. The fourth-order valence-corrected chi connectivity index (χ4v) is 4.24. The van der Waals surface area contributed by atoms with Crippen LogP contribution in [0.2, 0.25) is 0 Å². The standard InChI is InChI=1S/C18H25N5O4S/c1-13-6-8-14(9-7-13)17-20-16(27-21-17)11-19-18(24)15-5-4-10-23(12-15)28(25,26)22(2)3/h6-9,15H,4-5,10-12H2,1-3H3,(H,19,24). The number of aromatic nitrogens is 2. The molecule has 1 aliphatic rings. The molecule has 0 spiro atoms. The van der Waals surface area contributed by atoms with Crippen LogP contribution in [0.5, 0.6) is 0 Å². The zero-order chi connectivity index (χ0) is 20.3. The minimum Gasteiger partial charge on any atom is -0.347 e. The highest BCUT2D eigenvalue weighted by Gasteiger charge is 2.33. The Morgan fingerprint density at radius 3 is 2.71 bits per heavy atom. The van der Waals surface area contributed by atoms with Gasteiger partial charge in [0.1, 0.15) is 0 Å². The smallest absolute Gasteiger partial charge is 0.281 e. The molecule has 1 saturated heterocycles. The summed E-state index contributed by atoms with van der Waals surface area (Å²) in [5.74, 6) is 0.152. The molecule has 0 saturated carbocycles. The van der Waals surface area contributed by atoms with Crippen molar-refractivity contribution in [3.05, 3.63) is 35.7 Å². The summed E-state index contributed by atoms with van der Waals surface area (Å²) in [6, 6.07) is 7.74. The summed E-state index contributed by atoms with van der Waals surface area (Å²) in [7, 11) is -0.545. The third-order valence-corrected chi connectivity index (χ3v) is 6.64. The van der Waals surface area contributed by atoms with E-state index in [9.17, 15) is 13.2 Å². The molecule has 0 radical (unpaired) electrons. The number of piperidine rings is 1. The van der Waals surface area contributed by atoms with Gasteiger partial charge in [-0.15, -0.1) is 0 Å². The van der Waals surface area contributed by atoms with Gasteiger partial charge in [0.15, 0.2) is 0 Å². The summed E-state index contributed by atoms with van der Waals surface area (Å²) >= 11 is 0. The van der Waals surface area contributed by atoms with Crippen LogP contribution in [0.25, 0.3) is 11.4 Å². The van der Waals surface area contributed by atoms with E-state index in [4.69, 9.17) is 4.52 Å². The number of aryl methyl sites for hydroxylation is 1. The fourth-order valence-electron chi connectivity index (χ4n) is 3.05. The van der Waals surface area contributed by atoms with Crippen molar-refractivity contribution in [1.82, 2.24) is 24.1 Å². The molecule has 1 aliphatic heterocycles. The molecule has 3 rings (SSSR count). The van der Waals surface area contributed by atoms with Crippen LogP contribution < -0.4 is 5.32 Å². The molecule has 2 heterocycles. The number of nitrogens with zero attached hydrogens (tertiary/aromatic N) is 4. The third-order valence-electron chi connectivity index (χ3n) is 4.73. The number of rotatable bonds is 6. The van der Waals surface area contributed by atoms with Crippen molar-refractivity contribution < 1.29 is 17.7 Å². The van der Waals surface area contributed by atoms with Gasteiger partial charge in [0.2, 0.25) is 17.6 Å². The predicted molar refractivity (Wildman–Crippen MR) is 103 cm³/mol. The Balaban J connectivity index is 1.58. The maximum atomic E-state index is 12.5. The molecule has 0 bridgehead atoms. The molecule has 1 amide bonds. The Bertz CT molecular complexity index is 924. The van der Waals surface area contributed by atoms with E-state index in [-0.39, 0.29) is 19.0 Å². The lowest BCUT2D eigenvalue weighted by Gasteiger charge is -2.32. The molecule has 1 N–H and O–H groups in total. The van der Waals surface area contributed by atoms with Crippen LogP contribution in [-0.4, -0.2) is 60.3 Å². The summed E-state index contributed by atoms with van der Waals surface area (Å²) in [6.07, 6.45) is 1.28. The average Bonchev–Trinajstić information content (AvgIpc) is 3.15. The van der Waals surface area contributed by atoms with Gasteiger partial charge in [-0.2, -0.15) is 22.0 Å². The molecule has 1 fully saturated rings. The Hall–Kier alpha value is -2.30. The lowest BCUT2D eigenvalue weighted by Crippen LogP contribution is -2.48. The third kappa shape index (κ3) is 4.57. The van der Waals surface area contributed by atoms with Crippen LogP contribution in [0.15, 0.2) is 28.8 Å². The van der Waals surface area contributed by atoms with Crippen LogP contribution in [0.3, 0.4) is 0 Å². The van der Waals surface area contributed by atoms with Gasteiger partial charge in [0.25, 0.3) is 10.2 Å². The van der Waals surface area contributed by atoms with Crippen molar-refractivity contribution in [1.29, 1.82) is 0 Å². The van der Waals surface area contributed by atoms with E-state index in [1.54, 1.807) is 0 Å². The van der Waals surface area contributed by atoms with Gasteiger partial charge in [-0.05, 0) is 19.8 Å². The van der Waals surface area contributed by atoms with E-state index in [2.05, 4.69) is 15.5 Å². The molecule has 28 heavy (non-hydrogen) atoms. The van der Waals surface area contributed by atoms with Crippen molar-refractivity contribution >= 4 is 16.1 Å². The number of nitrogens with one attached hydrogen (secondary N) is 1. The molecule has 1 aromatic carbocycles. The molecule has 1 unspecified atom stereocenters. The summed E-state index contributed by atoms with van der Waals surface area (Å²) in [5.41, 5.74) is 1.97. The van der Waals surface area contributed by atoms with Gasteiger partial charge in [-0.3, -0.25) is 4.79 Å². The first kappa shape index (κ1) is 20.4. The molecule has 2 aromatic rings. The topological polar surface area (TPSA) is 109 Å². The number of carbonyl (C=O) groups is 1. The second-order valence-electron chi connectivity index (χ2n) is 7.08. The van der Waals surface area contributed by atoms with Crippen LogP contribution in [0.1, 0.15) is 24.3 Å². The van der Waals surface area contributed by atoms with E-state index in [0.717, 1.165) is 11.1 Å². The highest BCUT2D eigenvalue weighted by Crippen LogP contribution is 2.21. The predicted octanol–water partition coefficient (Wildman–Crippen LogP) is 1.18. The number of hydrogen-bond acceptors (Lipinski definition) is 6. The van der Waals surface area contributed by atoms with Crippen LogP contribution in [0, 0.1) is 12.8 Å². The van der Waals surface area contributed by atoms with E-state index in [1.165, 1.54) is 22.7 Å². The molecule has 10 heteroatoms. The monoisotopic (exact) mass is 407 g/mol. The lowest BCUT2D eigenvalue weighted by atomic mass is 9.99.